The largest absolute Gasteiger partial charge is 0.465 e. The Morgan fingerprint density at radius 1 is 0.925 bits per heavy atom. The fourth-order valence-electron chi connectivity index (χ4n) is 3.85. The van der Waals surface area contributed by atoms with Gasteiger partial charge in [0.2, 0.25) is 0 Å². The summed E-state index contributed by atoms with van der Waals surface area (Å²) >= 11 is 12.0. The molecule has 4 aromatic rings. The summed E-state index contributed by atoms with van der Waals surface area (Å²) in [6.45, 7) is 9.36. The maximum atomic E-state index is 12.0. The second-order valence-corrected chi connectivity index (χ2v) is 10.9. The predicted octanol–water partition coefficient (Wildman–Crippen LogP) is 7.53. The maximum Gasteiger partial charge on any atom is 0.412 e. The van der Waals surface area contributed by atoms with E-state index in [4.69, 9.17) is 33.0 Å². The van der Waals surface area contributed by atoms with Crippen LogP contribution < -0.4 is 10.6 Å². The van der Waals surface area contributed by atoms with E-state index in [9.17, 15) is 9.59 Å². The number of carboxylic acid groups (broad SMARTS) is 1. The molecule has 10 nitrogen and oxygen atoms in total. The molecule has 0 saturated heterocycles. The summed E-state index contributed by atoms with van der Waals surface area (Å²) in [5, 5.41) is 23.6. The van der Waals surface area contributed by atoms with Gasteiger partial charge < -0.3 is 9.84 Å². The SMILES string of the molecule is Cc1ccc(Cl)cc1-c1c(NC(=O)OC(C)(C)C)cnn1C.Cc1ccc(Cl)cc1-c1nn(C)cc1NC(=O)O. The van der Waals surface area contributed by atoms with E-state index in [1.54, 1.807) is 40.9 Å². The molecule has 0 aliphatic carbocycles. The highest BCUT2D eigenvalue weighted by Gasteiger charge is 2.20. The zero-order chi connectivity index (χ0) is 29.8. The van der Waals surface area contributed by atoms with Crippen molar-refractivity contribution < 1.29 is 19.4 Å². The number of aromatic nitrogens is 4. The number of rotatable bonds is 4. The monoisotopic (exact) mass is 586 g/mol. The Bertz CT molecular complexity index is 1540. The van der Waals surface area contributed by atoms with Gasteiger partial charge in [-0.2, -0.15) is 10.2 Å². The molecule has 40 heavy (non-hydrogen) atoms. The number of carbonyl (C=O) groups is 2. The van der Waals surface area contributed by atoms with Gasteiger partial charge in [-0.1, -0.05) is 35.3 Å². The minimum atomic E-state index is -1.12. The lowest BCUT2D eigenvalue weighted by Gasteiger charge is -2.20. The third kappa shape index (κ3) is 8.00. The molecule has 2 amide bonds. The molecular weight excluding hydrogens is 555 g/mol. The number of ether oxygens (including phenoxy) is 1. The number of hydrogen-bond acceptors (Lipinski definition) is 5. The summed E-state index contributed by atoms with van der Waals surface area (Å²) in [7, 11) is 3.55. The maximum absolute atomic E-state index is 12.0. The normalized spacial score (nSPS) is 10.9. The van der Waals surface area contributed by atoms with Crippen LogP contribution in [0, 0.1) is 13.8 Å². The summed E-state index contributed by atoms with van der Waals surface area (Å²) in [5.41, 5.74) is 5.57. The molecule has 0 saturated carbocycles. The van der Waals surface area contributed by atoms with Crippen molar-refractivity contribution in [1.29, 1.82) is 0 Å². The molecule has 0 radical (unpaired) electrons. The Labute approximate surface area is 242 Å². The van der Waals surface area contributed by atoms with Crippen LogP contribution in [-0.2, 0) is 18.8 Å². The van der Waals surface area contributed by atoms with Gasteiger partial charge in [-0.05, 0) is 70.0 Å². The summed E-state index contributed by atoms with van der Waals surface area (Å²) in [4.78, 5) is 22.7. The van der Waals surface area contributed by atoms with Crippen molar-refractivity contribution in [3.8, 4) is 22.5 Å². The molecule has 2 aromatic heterocycles. The molecular formula is C28H32Cl2N6O4. The van der Waals surface area contributed by atoms with Crippen LogP contribution in [0.4, 0.5) is 21.0 Å². The van der Waals surface area contributed by atoms with Crippen molar-refractivity contribution >= 4 is 46.8 Å². The van der Waals surface area contributed by atoms with Crippen LogP contribution in [0.1, 0.15) is 31.9 Å². The molecule has 0 aliphatic heterocycles. The number of amides is 2. The summed E-state index contributed by atoms with van der Waals surface area (Å²) < 4.78 is 8.54. The first-order chi connectivity index (χ1) is 18.6. The topological polar surface area (TPSA) is 123 Å². The first-order valence-corrected chi connectivity index (χ1v) is 13.0. The van der Waals surface area contributed by atoms with E-state index in [0.717, 1.165) is 27.9 Å². The summed E-state index contributed by atoms with van der Waals surface area (Å²) in [6.07, 6.45) is 1.58. The Balaban J connectivity index is 0.000000225. The lowest BCUT2D eigenvalue weighted by molar-refractivity contribution is 0.0636. The average molecular weight is 588 g/mol. The van der Waals surface area contributed by atoms with Crippen LogP contribution in [0.2, 0.25) is 10.0 Å². The predicted molar refractivity (Wildman–Crippen MR) is 158 cm³/mol. The number of anilines is 2. The lowest BCUT2D eigenvalue weighted by atomic mass is 10.0. The molecule has 2 aromatic carbocycles. The fourth-order valence-corrected chi connectivity index (χ4v) is 4.20. The molecule has 0 bridgehead atoms. The third-order valence-corrected chi connectivity index (χ3v) is 6.02. The second kappa shape index (κ2) is 12.4. The highest BCUT2D eigenvalue weighted by atomic mass is 35.5. The van der Waals surface area contributed by atoms with Crippen molar-refractivity contribution in [2.45, 2.75) is 40.2 Å². The number of halogens is 2. The fraction of sp³-hybridized carbons (Fsp3) is 0.286. The van der Waals surface area contributed by atoms with Crippen LogP contribution >= 0.6 is 23.2 Å². The van der Waals surface area contributed by atoms with E-state index in [0.29, 0.717) is 27.1 Å². The molecule has 4 rings (SSSR count). The van der Waals surface area contributed by atoms with Crippen molar-refractivity contribution in [2.24, 2.45) is 14.1 Å². The van der Waals surface area contributed by atoms with Crippen LogP contribution in [0.3, 0.4) is 0 Å². The van der Waals surface area contributed by atoms with Crippen LogP contribution in [0.25, 0.3) is 22.5 Å². The van der Waals surface area contributed by atoms with Gasteiger partial charge >= 0.3 is 12.2 Å². The van der Waals surface area contributed by atoms with Gasteiger partial charge in [-0.15, -0.1) is 0 Å². The number of carbonyl (C=O) groups excluding carboxylic acids is 1. The number of benzene rings is 2. The highest BCUT2D eigenvalue weighted by molar-refractivity contribution is 6.31. The van der Waals surface area contributed by atoms with E-state index >= 15 is 0 Å². The van der Waals surface area contributed by atoms with Gasteiger partial charge in [0, 0.05) is 41.5 Å². The summed E-state index contributed by atoms with van der Waals surface area (Å²) in [5.74, 6) is 0. The van der Waals surface area contributed by atoms with Gasteiger partial charge in [-0.3, -0.25) is 20.0 Å². The molecule has 12 heteroatoms. The standard InChI is InChI=1S/C16H20ClN3O2.C12H12ClN3O2/c1-10-6-7-11(17)8-12(10)14-13(9-18-20(14)5)19-15(21)22-16(2,3)4;1-7-3-4-8(13)5-9(7)11-10(14-12(17)18)6-16(2)15-11/h6-9H,1-5H3,(H,19,21);3-6,14H,1-2H3,(H,17,18). The van der Waals surface area contributed by atoms with Crippen molar-refractivity contribution in [3.63, 3.8) is 0 Å². The number of aryl methyl sites for hydroxylation is 4. The highest BCUT2D eigenvalue weighted by Crippen LogP contribution is 2.33. The Morgan fingerprint density at radius 2 is 1.50 bits per heavy atom. The van der Waals surface area contributed by atoms with Crippen molar-refractivity contribution in [1.82, 2.24) is 19.6 Å². The minimum absolute atomic E-state index is 0.440. The Kier molecular flexibility index (Phi) is 9.49. The zero-order valence-electron chi connectivity index (χ0n) is 23.3. The van der Waals surface area contributed by atoms with E-state index in [1.165, 1.54) is 0 Å². The number of nitrogens with zero attached hydrogens (tertiary/aromatic N) is 4. The first kappa shape index (κ1) is 30.5. The average Bonchev–Trinajstić information content (AvgIpc) is 3.37. The molecule has 0 unspecified atom stereocenters. The second-order valence-electron chi connectivity index (χ2n) is 10.1. The molecule has 0 fully saturated rings. The smallest absolute Gasteiger partial charge is 0.412 e. The summed E-state index contributed by atoms with van der Waals surface area (Å²) in [6, 6.07) is 11.0. The molecule has 212 valence electrons. The van der Waals surface area contributed by atoms with Gasteiger partial charge in [-0.25, -0.2) is 9.59 Å². The molecule has 0 aliphatic rings. The lowest BCUT2D eigenvalue weighted by Crippen LogP contribution is -2.27. The minimum Gasteiger partial charge on any atom is -0.465 e. The van der Waals surface area contributed by atoms with E-state index < -0.39 is 17.8 Å². The first-order valence-electron chi connectivity index (χ1n) is 12.2. The number of hydrogen-bond donors (Lipinski definition) is 3. The Hall–Kier alpha value is -4.02. The van der Waals surface area contributed by atoms with Crippen LogP contribution in [0.15, 0.2) is 48.8 Å². The van der Waals surface area contributed by atoms with Gasteiger partial charge in [0.15, 0.2) is 0 Å². The molecule has 0 spiro atoms. The zero-order valence-corrected chi connectivity index (χ0v) is 24.8. The van der Waals surface area contributed by atoms with Crippen LogP contribution in [0.5, 0.6) is 0 Å². The van der Waals surface area contributed by atoms with Gasteiger partial charge in [0.05, 0.1) is 23.3 Å². The van der Waals surface area contributed by atoms with Crippen molar-refractivity contribution in [3.05, 3.63) is 70.0 Å². The molecule has 0 atom stereocenters. The van der Waals surface area contributed by atoms with Crippen molar-refractivity contribution in [2.75, 3.05) is 10.6 Å². The third-order valence-electron chi connectivity index (χ3n) is 5.55. The van der Waals surface area contributed by atoms with Crippen LogP contribution in [-0.4, -0.2) is 42.5 Å². The molecule has 2 heterocycles. The van der Waals surface area contributed by atoms with Gasteiger partial charge in [0.25, 0.3) is 0 Å². The van der Waals surface area contributed by atoms with Gasteiger partial charge in [0.1, 0.15) is 11.3 Å². The van der Waals surface area contributed by atoms with E-state index in [-0.39, 0.29) is 0 Å². The number of nitrogens with one attached hydrogen (secondary N) is 2. The Morgan fingerprint density at radius 3 is 2.08 bits per heavy atom. The quantitative estimate of drug-likeness (QED) is 0.227. The molecule has 3 N–H and O–H groups in total. The van der Waals surface area contributed by atoms with E-state index in [1.807, 2.05) is 65.9 Å². The van der Waals surface area contributed by atoms with E-state index in [2.05, 4.69) is 20.8 Å².